The van der Waals surface area contributed by atoms with Crippen molar-refractivity contribution in [3.63, 3.8) is 0 Å². The van der Waals surface area contributed by atoms with Gasteiger partial charge in [0.05, 0.1) is 4.88 Å². The Balaban J connectivity index is 1.85. The van der Waals surface area contributed by atoms with Crippen LogP contribution in [0.3, 0.4) is 0 Å². The Kier molecular flexibility index (Phi) is 4.17. The molecule has 0 aromatic carbocycles. The molecule has 2 aromatic heterocycles. The van der Waals surface area contributed by atoms with Gasteiger partial charge in [-0.15, -0.1) is 11.3 Å². The first kappa shape index (κ1) is 14.4. The van der Waals surface area contributed by atoms with E-state index in [1.165, 1.54) is 11.3 Å². The van der Waals surface area contributed by atoms with E-state index in [1.807, 2.05) is 35.7 Å². The number of hydrogen-bond acceptors (Lipinski definition) is 4. The van der Waals surface area contributed by atoms with Gasteiger partial charge in [0.1, 0.15) is 0 Å². The van der Waals surface area contributed by atoms with Crippen LogP contribution in [0.4, 0.5) is 0 Å². The van der Waals surface area contributed by atoms with E-state index in [-0.39, 0.29) is 11.5 Å². The molecule has 6 heteroatoms. The van der Waals surface area contributed by atoms with Crippen molar-refractivity contribution in [2.24, 2.45) is 0 Å². The van der Waals surface area contributed by atoms with Crippen LogP contribution in [0.5, 0.6) is 0 Å². The Morgan fingerprint density at radius 1 is 1.29 bits per heavy atom. The number of rotatable bonds is 2. The zero-order valence-corrected chi connectivity index (χ0v) is 13.4. The molecule has 3 rings (SSSR count). The highest BCUT2D eigenvalue weighted by molar-refractivity contribution is 7.99. The average molecular weight is 320 g/mol. The van der Waals surface area contributed by atoms with Gasteiger partial charge < -0.3 is 9.88 Å². The van der Waals surface area contributed by atoms with Gasteiger partial charge in [-0.2, -0.15) is 11.8 Å². The van der Waals surface area contributed by atoms with Crippen LogP contribution >= 0.6 is 23.1 Å². The number of aromatic nitrogens is 1. The molecule has 3 heterocycles. The Bertz CT molecular complexity index is 714. The van der Waals surface area contributed by atoms with Crippen molar-refractivity contribution in [3.8, 4) is 10.4 Å². The van der Waals surface area contributed by atoms with E-state index < -0.39 is 0 Å². The van der Waals surface area contributed by atoms with Gasteiger partial charge in [-0.25, -0.2) is 0 Å². The first-order valence-corrected chi connectivity index (χ1v) is 8.79. The number of thioether (sulfide) groups is 1. The Labute approximate surface area is 131 Å². The summed E-state index contributed by atoms with van der Waals surface area (Å²) in [4.78, 5) is 30.1. The van der Waals surface area contributed by atoms with Gasteiger partial charge in [0.25, 0.3) is 5.91 Å². The number of nitrogens with one attached hydrogen (secondary N) is 1. The third-order valence-electron chi connectivity index (χ3n) is 3.51. The summed E-state index contributed by atoms with van der Waals surface area (Å²) in [5, 5.41) is 0. The lowest BCUT2D eigenvalue weighted by Gasteiger charge is -2.25. The highest BCUT2D eigenvalue weighted by Gasteiger charge is 2.20. The Morgan fingerprint density at radius 2 is 2.05 bits per heavy atom. The molecule has 0 bridgehead atoms. The third-order valence-corrected chi connectivity index (χ3v) is 5.56. The summed E-state index contributed by atoms with van der Waals surface area (Å²) >= 11 is 3.38. The maximum absolute atomic E-state index is 12.5. The molecule has 110 valence electrons. The number of pyridine rings is 1. The zero-order valence-electron chi connectivity index (χ0n) is 11.7. The molecule has 1 saturated heterocycles. The Hall–Kier alpha value is -1.53. The van der Waals surface area contributed by atoms with Crippen molar-refractivity contribution in [1.29, 1.82) is 0 Å². The predicted octanol–water partition coefficient (Wildman–Crippen LogP) is 2.60. The third kappa shape index (κ3) is 3.06. The first-order chi connectivity index (χ1) is 10.1. The highest BCUT2D eigenvalue weighted by atomic mass is 32.2. The second-order valence-electron chi connectivity index (χ2n) is 4.96. The molecule has 2 aromatic rings. The monoisotopic (exact) mass is 320 g/mol. The molecule has 4 nitrogen and oxygen atoms in total. The highest BCUT2D eigenvalue weighted by Crippen LogP contribution is 2.30. The number of aromatic amines is 1. The summed E-state index contributed by atoms with van der Waals surface area (Å²) in [6.45, 7) is 3.57. The van der Waals surface area contributed by atoms with Crippen LogP contribution in [-0.4, -0.2) is 40.4 Å². The zero-order chi connectivity index (χ0) is 14.8. The normalized spacial score (nSPS) is 15.2. The lowest BCUT2D eigenvalue weighted by atomic mass is 10.1. The molecule has 1 fully saturated rings. The van der Waals surface area contributed by atoms with Crippen LogP contribution in [0.1, 0.15) is 15.2 Å². The first-order valence-electron chi connectivity index (χ1n) is 6.82. The van der Waals surface area contributed by atoms with E-state index in [9.17, 15) is 9.59 Å². The molecule has 0 atom stereocenters. The van der Waals surface area contributed by atoms with E-state index in [2.05, 4.69) is 4.98 Å². The second kappa shape index (κ2) is 6.07. The van der Waals surface area contributed by atoms with Crippen LogP contribution in [0.25, 0.3) is 10.4 Å². The maximum Gasteiger partial charge on any atom is 0.263 e. The van der Waals surface area contributed by atoms with Crippen LogP contribution in [0.2, 0.25) is 0 Å². The topological polar surface area (TPSA) is 53.2 Å². The predicted molar refractivity (Wildman–Crippen MR) is 88.3 cm³/mol. The molecule has 1 aliphatic rings. The smallest absolute Gasteiger partial charge is 0.263 e. The van der Waals surface area contributed by atoms with E-state index in [0.717, 1.165) is 45.5 Å². The maximum atomic E-state index is 12.5. The molecular formula is C15H16N2O2S2. The van der Waals surface area contributed by atoms with Crippen molar-refractivity contribution < 1.29 is 4.79 Å². The average Bonchev–Trinajstić information content (AvgIpc) is 2.97. The minimum absolute atomic E-state index is 0.102. The van der Waals surface area contributed by atoms with Crippen molar-refractivity contribution >= 4 is 29.0 Å². The number of carbonyl (C=O) groups is 1. The van der Waals surface area contributed by atoms with Gasteiger partial charge in [-0.3, -0.25) is 9.59 Å². The van der Waals surface area contributed by atoms with Crippen molar-refractivity contribution in [2.75, 3.05) is 24.6 Å². The number of amides is 1. The number of nitrogens with zero attached hydrogens (tertiary/aromatic N) is 1. The number of hydrogen-bond donors (Lipinski definition) is 1. The minimum Gasteiger partial charge on any atom is -0.336 e. The van der Waals surface area contributed by atoms with Crippen LogP contribution in [0.15, 0.2) is 29.2 Å². The van der Waals surface area contributed by atoms with Crippen molar-refractivity contribution in [1.82, 2.24) is 9.88 Å². The molecule has 1 aliphatic heterocycles. The van der Waals surface area contributed by atoms with Gasteiger partial charge in [0, 0.05) is 47.3 Å². The summed E-state index contributed by atoms with van der Waals surface area (Å²) in [6, 6.07) is 5.42. The summed E-state index contributed by atoms with van der Waals surface area (Å²) in [7, 11) is 0. The number of carbonyl (C=O) groups excluding carboxylic acids is 1. The molecule has 1 amide bonds. The fourth-order valence-corrected chi connectivity index (χ4v) is 4.32. The fraction of sp³-hybridized carbons (Fsp3) is 0.333. The summed E-state index contributed by atoms with van der Waals surface area (Å²) in [5.41, 5.74) is 1.80. The van der Waals surface area contributed by atoms with E-state index in [0.29, 0.717) is 0 Å². The lowest BCUT2D eigenvalue weighted by Crippen LogP contribution is -2.37. The largest absolute Gasteiger partial charge is 0.336 e. The number of H-pyrrole nitrogens is 1. The quantitative estimate of drug-likeness (QED) is 0.925. The fourth-order valence-electron chi connectivity index (χ4n) is 2.36. The van der Waals surface area contributed by atoms with Gasteiger partial charge in [0.15, 0.2) is 0 Å². The molecular weight excluding hydrogens is 304 g/mol. The Morgan fingerprint density at radius 3 is 2.76 bits per heavy atom. The molecule has 21 heavy (non-hydrogen) atoms. The summed E-state index contributed by atoms with van der Waals surface area (Å²) in [5.74, 6) is 2.15. The van der Waals surface area contributed by atoms with Crippen LogP contribution in [-0.2, 0) is 0 Å². The van der Waals surface area contributed by atoms with Gasteiger partial charge in [-0.05, 0) is 24.6 Å². The molecule has 0 saturated carbocycles. The van der Waals surface area contributed by atoms with Crippen molar-refractivity contribution in [2.45, 2.75) is 6.92 Å². The molecule has 0 aliphatic carbocycles. The molecule has 0 spiro atoms. The van der Waals surface area contributed by atoms with Crippen molar-refractivity contribution in [3.05, 3.63) is 45.2 Å². The lowest BCUT2D eigenvalue weighted by molar-refractivity contribution is 0.0777. The SMILES string of the molecule is Cc1cc(=O)[nH]cc1-c1ccc(C(=O)N2CCSCC2)s1. The number of thiophene rings is 1. The van der Waals surface area contributed by atoms with E-state index in [1.54, 1.807) is 12.3 Å². The minimum atomic E-state index is -0.102. The van der Waals surface area contributed by atoms with Crippen LogP contribution in [0, 0.1) is 6.92 Å². The number of aryl methyl sites for hydroxylation is 1. The van der Waals surface area contributed by atoms with E-state index >= 15 is 0 Å². The summed E-state index contributed by atoms with van der Waals surface area (Å²) < 4.78 is 0. The second-order valence-corrected chi connectivity index (χ2v) is 7.27. The molecule has 1 N–H and O–H groups in total. The van der Waals surface area contributed by atoms with E-state index in [4.69, 9.17) is 0 Å². The standard InChI is InChI=1S/C15H16N2O2S2/c1-10-8-14(18)16-9-11(10)12-2-3-13(21-12)15(19)17-4-6-20-7-5-17/h2-3,8-9H,4-7H2,1H3,(H,16,18). The molecule has 0 radical (unpaired) electrons. The summed E-state index contributed by atoms with van der Waals surface area (Å²) in [6.07, 6.45) is 1.72. The van der Waals surface area contributed by atoms with Gasteiger partial charge in [0.2, 0.25) is 5.56 Å². The van der Waals surface area contributed by atoms with Gasteiger partial charge >= 0.3 is 0 Å². The van der Waals surface area contributed by atoms with Gasteiger partial charge in [-0.1, -0.05) is 0 Å². The molecule has 0 unspecified atom stereocenters. The van der Waals surface area contributed by atoms with Crippen LogP contribution < -0.4 is 5.56 Å².